The summed E-state index contributed by atoms with van der Waals surface area (Å²) in [7, 11) is 0. The number of para-hydroxylation sites is 1. The van der Waals surface area contributed by atoms with Crippen LogP contribution in [0.4, 0.5) is 5.69 Å². The average Bonchev–Trinajstić information content (AvgIpc) is 3.26. The van der Waals surface area contributed by atoms with Crippen LogP contribution >= 0.6 is 0 Å². The van der Waals surface area contributed by atoms with E-state index in [1.54, 1.807) is 42.5 Å². The number of ether oxygens (including phenoxy) is 1. The lowest BCUT2D eigenvalue weighted by Crippen LogP contribution is -2.30. The minimum absolute atomic E-state index is 0.0377. The SMILES string of the molecule is O=C(CNC(=O)c1ccco1)OCc1ccc(C(=O)Nc2ccccc2)cc1. The summed E-state index contributed by atoms with van der Waals surface area (Å²) in [5.74, 6) is -1.17. The Kier molecular flexibility index (Phi) is 6.20. The molecule has 0 aliphatic rings. The van der Waals surface area contributed by atoms with Crippen molar-refractivity contribution in [2.24, 2.45) is 0 Å². The highest BCUT2D eigenvalue weighted by Gasteiger charge is 2.11. The van der Waals surface area contributed by atoms with Crippen LogP contribution in [-0.4, -0.2) is 24.3 Å². The van der Waals surface area contributed by atoms with Gasteiger partial charge in [0, 0.05) is 11.3 Å². The van der Waals surface area contributed by atoms with Crippen molar-refractivity contribution in [3.63, 3.8) is 0 Å². The predicted molar refractivity (Wildman–Crippen MR) is 102 cm³/mol. The van der Waals surface area contributed by atoms with E-state index in [4.69, 9.17) is 9.15 Å². The number of furan rings is 1. The van der Waals surface area contributed by atoms with E-state index < -0.39 is 11.9 Å². The molecule has 0 aliphatic carbocycles. The van der Waals surface area contributed by atoms with Crippen molar-refractivity contribution in [1.29, 1.82) is 0 Å². The van der Waals surface area contributed by atoms with E-state index in [9.17, 15) is 14.4 Å². The summed E-state index contributed by atoms with van der Waals surface area (Å²) in [4.78, 5) is 35.6. The summed E-state index contributed by atoms with van der Waals surface area (Å²) in [6.07, 6.45) is 1.37. The molecule has 3 rings (SSSR count). The Bertz CT molecular complexity index is 935. The quantitative estimate of drug-likeness (QED) is 0.616. The van der Waals surface area contributed by atoms with Crippen LogP contribution in [0.1, 0.15) is 26.5 Å². The minimum atomic E-state index is -0.578. The topological polar surface area (TPSA) is 97.6 Å². The lowest BCUT2D eigenvalue weighted by Gasteiger charge is -2.08. The van der Waals surface area contributed by atoms with Gasteiger partial charge in [0.2, 0.25) is 0 Å². The molecule has 2 N–H and O–H groups in total. The number of nitrogens with one attached hydrogen (secondary N) is 2. The number of amides is 2. The maximum Gasteiger partial charge on any atom is 0.325 e. The molecule has 1 heterocycles. The normalized spacial score (nSPS) is 10.1. The smallest absolute Gasteiger partial charge is 0.325 e. The van der Waals surface area contributed by atoms with Gasteiger partial charge in [0.1, 0.15) is 13.2 Å². The molecule has 0 unspecified atom stereocenters. The summed E-state index contributed by atoms with van der Waals surface area (Å²) >= 11 is 0. The Balaban J connectivity index is 1.44. The number of rotatable bonds is 7. The van der Waals surface area contributed by atoms with Gasteiger partial charge in [-0.25, -0.2) is 0 Å². The molecule has 7 heteroatoms. The van der Waals surface area contributed by atoms with Gasteiger partial charge in [-0.3, -0.25) is 14.4 Å². The number of carbonyl (C=O) groups is 3. The Morgan fingerprint density at radius 1 is 0.857 bits per heavy atom. The molecule has 0 bridgehead atoms. The molecule has 0 atom stereocenters. The minimum Gasteiger partial charge on any atom is -0.460 e. The zero-order valence-electron chi connectivity index (χ0n) is 14.9. The molecule has 0 aliphatic heterocycles. The van der Waals surface area contributed by atoms with E-state index in [0.717, 1.165) is 5.56 Å². The fourth-order valence-corrected chi connectivity index (χ4v) is 2.34. The van der Waals surface area contributed by atoms with Crippen molar-refractivity contribution < 1.29 is 23.5 Å². The van der Waals surface area contributed by atoms with Gasteiger partial charge in [0.05, 0.1) is 6.26 Å². The van der Waals surface area contributed by atoms with Crippen LogP contribution in [0, 0.1) is 0 Å². The Morgan fingerprint density at radius 3 is 2.29 bits per heavy atom. The molecule has 28 heavy (non-hydrogen) atoms. The molecular formula is C21H18N2O5. The molecule has 3 aromatic rings. The highest BCUT2D eigenvalue weighted by Crippen LogP contribution is 2.10. The molecule has 0 saturated carbocycles. The molecule has 0 saturated heterocycles. The van der Waals surface area contributed by atoms with Crippen molar-refractivity contribution in [2.45, 2.75) is 6.61 Å². The van der Waals surface area contributed by atoms with Crippen molar-refractivity contribution in [1.82, 2.24) is 5.32 Å². The average molecular weight is 378 g/mol. The van der Waals surface area contributed by atoms with Crippen molar-refractivity contribution >= 4 is 23.5 Å². The van der Waals surface area contributed by atoms with Gasteiger partial charge in [-0.2, -0.15) is 0 Å². The second-order valence-electron chi connectivity index (χ2n) is 5.84. The third-order valence-electron chi connectivity index (χ3n) is 3.79. The molecule has 1 aromatic heterocycles. The van der Waals surface area contributed by atoms with Crippen LogP contribution in [-0.2, 0) is 16.1 Å². The predicted octanol–water partition coefficient (Wildman–Crippen LogP) is 3.01. The first-order valence-electron chi connectivity index (χ1n) is 8.54. The zero-order chi connectivity index (χ0) is 19.8. The fourth-order valence-electron chi connectivity index (χ4n) is 2.34. The van der Waals surface area contributed by atoms with Crippen LogP contribution in [0.5, 0.6) is 0 Å². The summed E-state index contributed by atoms with van der Waals surface area (Å²) in [5, 5.41) is 5.20. The van der Waals surface area contributed by atoms with E-state index in [0.29, 0.717) is 11.3 Å². The van der Waals surface area contributed by atoms with Gasteiger partial charge in [-0.1, -0.05) is 30.3 Å². The number of hydrogen-bond acceptors (Lipinski definition) is 5. The van der Waals surface area contributed by atoms with E-state index in [1.807, 2.05) is 18.2 Å². The first kappa shape index (κ1) is 18.9. The Hall–Kier alpha value is -3.87. The monoisotopic (exact) mass is 378 g/mol. The number of esters is 1. The van der Waals surface area contributed by atoms with E-state index in [2.05, 4.69) is 10.6 Å². The largest absolute Gasteiger partial charge is 0.460 e. The Morgan fingerprint density at radius 2 is 1.61 bits per heavy atom. The molecular weight excluding hydrogens is 360 g/mol. The lowest BCUT2D eigenvalue weighted by atomic mass is 10.1. The van der Waals surface area contributed by atoms with E-state index >= 15 is 0 Å². The number of benzene rings is 2. The van der Waals surface area contributed by atoms with Crippen LogP contribution in [0.3, 0.4) is 0 Å². The molecule has 0 fully saturated rings. The summed E-state index contributed by atoms with van der Waals surface area (Å²) < 4.78 is 10.0. The molecule has 142 valence electrons. The standard InChI is InChI=1S/C21H18N2O5/c24-19(13-22-21(26)18-7-4-12-27-18)28-14-15-8-10-16(11-9-15)20(25)23-17-5-2-1-3-6-17/h1-12H,13-14H2,(H,22,26)(H,23,25). The second kappa shape index (κ2) is 9.18. The first-order chi connectivity index (χ1) is 13.6. The lowest BCUT2D eigenvalue weighted by molar-refractivity contribution is -0.143. The van der Waals surface area contributed by atoms with Gasteiger partial charge < -0.3 is 19.8 Å². The highest BCUT2D eigenvalue weighted by atomic mass is 16.5. The summed E-state index contributed by atoms with van der Waals surface area (Å²) in [5.41, 5.74) is 1.92. The van der Waals surface area contributed by atoms with Crippen LogP contribution in [0.15, 0.2) is 77.4 Å². The maximum atomic E-state index is 12.2. The molecule has 2 aromatic carbocycles. The molecule has 2 amide bonds. The highest BCUT2D eigenvalue weighted by molar-refractivity contribution is 6.04. The maximum absolute atomic E-state index is 12.2. The second-order valence-corrected chi connectivity index (χ2v) is 5.84. The van der Waals surface area contributed by atoms with Gasteiger partial charge in [0.25, 0.3) is 11.8 Å². The summed E-state index contributed by atoms with van der Waals surface area (Å²) in [6, 6.07) is 18.9. The van der Waals surface area contributed by atoms with Gasteiger partial charge in [-0.15, -0.1) is 0 Å². The van der Waals surface area contributed by atoms with Gasteiger partial charge in [0.15, 0.2) is 5.76 Å². The molecule has 0 radical (unpaired) electrons. The van der Waals surface area contributed by atoms with Gasteiger partial charge in [-0.05, 0) is 42.0 Å². The fraction of sp³-hybridized carbons (Fsp3) is 0.0952. The third kappa shape index (κ3) is 5.31. The van der Waals surface area contributed by atoms with Crippen molar-refractivity contribution in [2.75, 3.05) is 11.9 Å². The third-order valence-corrected chi connectivity index (χ3v) is 3.79. The first-order valence-corrected chi connectivity index (χ1v) is 8.54. The van der Waals surface area contributed by atoms with Crippen molar-refractivity contribution in [3.05, 3.63) is 89.9 Å². The van der Waals surface area contributed by atoms with Gasteiger partial charge >= 0.3 is 5.97 Å². The van der Waals surface area contributed by atoms with E-state index in [-0.39, 0.29) is 24.8 Å². The van der Waals surface area contributed by atoms with Crippen molar-refractivity contribution in [3.8, 4) is 0 Å². The number of hydrogen-bond donors (Lipinski definition) is 2. The van der Waals surface area contributed by atoms with Crippen LogP contribution in [0.2, 0.25) is 0 Å². The molecule has 7 nitrogen and oxygen atoms in total. The number of carbonyl (C=O) groups excluding carboxylic acids is 3. The Labute approximate surface area is 161 Å². The van der Waals surface area contributed by atoms with Crippen LogP contribution < -0.4 is 10.6 Å². The number of anilines is 1. The van der Waals surface area contributed by atoms with Crippen LogP contribution in [0.25, 0.3) is 0 Å². The summed E-state index contributed by atoms with van der Waals surface area (Å²) in [6.45, 7) is -0.229. The molecule has 0 spiro atoms. The van der Waals surface area contributed by atoms with E-state index in [1.165, 1.54) is 12.3 Å². The zero-order valence-corrected chi connectivity index (χ0v) is 14.9.